The van der Waals surface area contributed by atoms with Gasteiger partial charge in [0.25, 0.3) is 0 Å². The van der Waals surface area contributed by atoms with Crippen LogP contribution in [-0.2, 0) is 11.3 Å². The van der Waals surface area contributed by atoms with E-state index in [1.807, 2.05) is 42.5 Å². The van der Waals surface area contributed by atoms with Gasteiger partial charge in [0.2, 0.25) is 5.91 Å². The second kappa shape index (κ2) is 7.44. The molecule has 0 saturated carbocycles. The quantitative estimate of drug-likeness (QED) is 0.709. The number of nitrogens with zero attached hydrogens (tertiary/aromatic N) is 2. The molecule has 7 heteroatoms. The molecule has 1 aliphatic heterocycles. The van der Waals surface area contributed by atoms with Crippen LogP contribution >= 0.6 is 11.3 Å². The lowest BCUT2D eigenvalue weighted by molar-refractivity contribution is -0.125. The fourth-order valence-electron chi connectivity index (χ4n) is 3.03. The summed E-state index contributed by atoms with van der Waals surface area (Å²) in [5.41, 5.74) is 2.02. The van der Waals surface area contributed by atoms with Gasteiger partial charge in [0.15, 0.2) is 5.13 Å². The van der Waals surface area contributed by atoms with Crippen molar-refractivity contribution >= 4 is 32.6 Å². The third-order valence-corrected chi connectivity index (χ3v) is 5.81. The molecule has 1 fully saturated rings. The monoisotopic (exact) mass is 383 g/mol. The number of carbonyl (C=O) groups is 1. The number of hydrogen-bond acceptors (Lipinski definition) is 6. The molecule has 6 nitrogen and oxygen atoms in total. The molecule has 1 amide bonds. The van der Waals surface area contributed by atoms with Crippen molar-refractivity contribution in [3.05, 3.63) is 48.0 Å². The Balaban J connectivity index is 1.31. The van der Waals surface area contributed by atoms with Crippen LogP contribution in [-0.4, -0.2) is 38.2 Å². The molecule has 0 bridgehead atoms. The number of methoxy groups -OCH3 is 2. The van der Waals surface area contributed by atoms with Gasteiger partial charge in [0.1, 0.15) is 11.5 Å². The number of thiazole rings is 1. The Labute approximate surface area is 161 Å². The topological polar surface area (TPSA) is 63.7 Å². The number of nitrogens with one attached hydrogen (secondary N) is 1. The molecule has 0 radical (unpaired) electrons. The molecule has 1 aromatic heterocycles. The van der Waals surface area contributed by atoms with E-state index in [9.17, 15) is 4.79 Å². The highest BCUT2D eigenvalue weighted by molar-refractivity contribution is 7.22. The number of rotatable bonds is 6. The van der Waals surface area contributed by atoms with Gasteiger partial charge in [-0.3, -0.25) is 4.79 Å². The Kier molecular flexibility index (Phi) is 4.85. The number of aromatic nitrogens is 1. The lowest BCUT2D eigenvalue weighted by Gasteiger charge is -2.37. The average Bonchev–Trinajstić information content (AvgIpc) is 3.08. The highest BCUT2D eigenvalue weighted by atomic mass is 32.1. The molecule has 0 aliphatic carbocycles. The molecule has 4 rings (SSSR count). The lowest BCUT2D eigenvalue weighted by Crippen LogP contribution is -2.53. The Hall–Kier alpha value is -2.80. The van der Waals surface area contributed by atoms with E-state index >= 15 is 0 Å². The molecule has 27 heavy (non-hydrogen) atoms. The first-order valence-corrected chi connectivity index (χ1v) is 9.58. The third-order valence-electron chi connectivity index (χ3n) is 4.73. The van der Waals surface area contributed by atoms with Gasteiger partial charge < -0.3 is 19.7 Å². The Morgan fingerprint density at radius 3 is 2.56 bits per heavy atom. The van der Waals surface area contributed by atoms with E-state index in [0.29, 0.717) is 19.6 Å². The predicted octanol–water partition coefficient (Wildman–Crippen LogP) is 3.07. The van der Waals surface area contributed by atoms with Gasteiger partial charge in [-0.2, -0.15) is 0 Å². The van der Waals surface area contributed by atoms with Gasteiger partial charge in [0.05, 0.1) is 30.4 Å². The fraction of sp³-hybridized carbons (Fsp3) is 0.300. The molecule has 2 heterocycles. The molecule has 0 spiro atoms. The zero-order chi connectivity index (χ0) is 18.8. The summed E-state index contributed by atoms with van der Waals surface area (Å²) in [6, 6.07) is 13.6. The van der Waals surface area contributed by atoms with E-state index in [0.717, 1.165) is 32.4 Å². The van der Waals surface area contributed by atoms with E-state index in [-0.39, 0.29) is 11.8 Å². The normalized spacial score (nSPS) is 14.1. The van der Waals surface area contributed by atoms with Crippen molar-refractivity contribution in [3.8, 4) is 11.5 Å². The largest absolute Gasteiger partial charge is 0.497 e. The zero-order valence-electron chi connectivity index (χ0n) is 15.3. The van der Waals surface area contributed by atoms with E-state index in [1.54, 1.807) is 25.6 Å². The van der Waals surface area contributed by atoms with Crippen molar-refractivity contribution in [2.45, 2.75) is 6.54 Å². The molecule has 0 unspecified atom stereocenters. The summed E-state index contributed by atoms with van der Waals surface area (Å²) < 4.78 is 11.5. The number of benzene rings is 2. The van der Waals surface area contributed by atoms with Crippen LogP contribution < -0.4 is 19.7 Å². The maximum absolute atomic E-state index is 12.4. The van der Waals surface area contributed by atoms with Gasteiger partial charge in [-0.15, -0.1) is 0 Å². The highest BCUT2D eigenvalue weighted by Gasteiger charge is 2.34. The summed E-state index contributed by atoms with van der Waals surface area (Å²) in [4.78, 5) is 19.2. The van der Waals surface area contributed by atoms with E-state index in [4.69, 9.17) is 9.47 Å². The lowest BCUT2D eigenvalue weighted by atomic mass is 10.00. The minimum absolute atomic E-state index is 0.00444. The van der Waals surface area contributed by atoms with E-state index < -0.39 is 0 Å². The van der Waals surface area contributed by atoms with Crippen LogP contribution in [0, 0.1) is 5.92 Å². The van der Waals surface area contributed by atoms with Gasteiger partial charge in [-0.05, 0) is 35.9 Å². The number of fused-ring (bicyclic) bond motifs is 1. The van der Waals surface area contributed by atoms with Crippen LogP contribution in [0.4, 0.5) is 5.13 Å². The highest BCUT2D eigenvalue weighted by Crippen LogP contribution is 2.34. The van der Waals surface area contributed by atoms with Crippen molar-refractivity contribution in [2.75, 3.05) is 32.2 Å². The third kappa shape index (κ3) is 3.68. The Morgan fingerprint density at radius 2 is 1.85 bits per heavy atom. The molecule has 2 aromatic carbocycles. The molecule has 0 atom stereocenters. The van der Waals surface area contributed by atoms with Gasteiger partial charge in [-0.25, -0.2) is 4.98 Å². The summed E-state index contributed by atoms with van der Waals surface area (Å²) in [6.07, 6.45) is 0. The predicted molar refractivity (Wildman–Crippen MR) is 107 cm³/mol. The first-order chi connectivity index (χ1) is 13.2. The first kappa shape index (κ1) is 17.6. The Bertz CT molecular complexity index is 949. The number of carbonyl (C=O) groups excluding carboxylic acids is 1. The summed E-state index contributed by atoms with van der Waals surface area (Å²) in [5, 5.41) is 3.97. The minimum atomic E-state index is 0.00444. The van der Waals surface area contributed by atoms with Crippen molar-refractivity contribution < 1.29 is 14.3 Å². The maximum Gasteiger partial charge on any atom is 0.226 e. The second-order valence-electron chi connectivity index (χ2n) is 6.50. The summed E-state index contributed by atoms with van der Waals surface area (Å²) in [7, 11) is 3.30. The van der Waals surface area contributed by atoms with Gasteiger partial charge in [0, 0.05) is 19.6 Å². The van der Waals surface area contributed by atoms with Crippen LogP contribution in [0.1, 0.15) is 5.56 Å². The standard InChI is InChI=1S/C20H21N3O3S/c1-25-15-5-3-13(4-6-15)10-21-19(24)14-11-23(12-14)20-22-17-8-7-16(26-2)9-18(17)27-20/h3-9,14H,10-12H2,1-2H3,(H,21,24). The van der Waals surface area contributed by atoms with Crippen LogP contribution in [0.15, 0.2) is 42.5 Å². The minimum Gasteiger partial charge on any atom is -0.497 e. The fourth-order valence-corrected chi connectivity index (χ4v) is 4.04. The van der Waals surface area contributed by atoms with Crippen molar-refractivity contribution in [3.63, 3.8) is 0 Å². The smallest absolute Gasteiger partial charge is 0.226 e. The van der Waals surface area contributed by atoms with Crippen molar-refractivity contribution in [2.24, 2.45) is 5.92 Å². The summed E-state index contributed by atoms with van der Waals surface area (Å²) in [5.74, 6) is 1.74. The van der Waals surface area contributed by atoms with Crippen LogP contribution in [0.3, 0.4) is 0 Å². The molecule has 3 aromatic rings. The molecular formula is C20H21N3O3S. The second-order valence-corrected chi connectivity index (χ2v) is 7.51. The molecule has 1 N–H and O–H groups in total. The van der Waals surface area contributed by atoms with Gasteiger partial charge >= 0.3 is 0 Å². The molecule has 1 aliphatic rings. The summed E-state index contributed by atoms with van der Waals surface area (Å²) >= 11 is 1.63. The number of amides is 1. The van der Waals surface area contributed by atoms with Crippen molar-refractivity contribution in [1.82, 2.24) is 10.3 Å². The number of anilines is 1. The summed E-state index contributed by atoms with van der Waals surface area (Å²) in [6.45, 7) is 1.93. The first-order valence-electron chi connectivity index (χ1n) is 8.76. The Morgan fingerprint density at radius 1 is 1.15 bits per heavy atom. The van der Waals surface area contributed by atoms with Crippen molar-refractivity contribution in [1.29, 1.82) is 0 Å². The molecular weight excluding hydrogens is 362 g/mol. The van der Waals surface area contributed by atoms with E-state index in [2.05, 4.69) is 15.2 Å². The molecule has 140 valence electrons. The van der Waals surface area contributed by atoms with Gasteiger partial charge in [-0.1, -0.05) is 23.5 Å². The van der Waals surface area contributed by atoms with Crippen LogP contribution in [0.2, 0.25) is 0 Å². The molecule has 1 saturated heterocycles. The maximum atomic E-state index is 12.4. The average molecular weight is 383 g/mol. The van der Waals surface area contributed by atoms with E-state index in [1.165, 1.54) is 0 Å². The van der Waals surface area contributed by atoms with Crippen LogP contribution in [0.25, 0.3) is 10.2 Å². The van der Waals surface area contributed by atoms with Crippen LogP contribution in [0.5, 0.6) is 11.5 Å². The number of ether oxygens (including phenoxy) is 2. The SMILES string of the molecule is COc1ccc(CNC(=O)C2CN(c3nc4ccc(OC)cc4s3)C2)cc1. The zero-order valence-corrected chi connectivity index (χ0v) is 16.1. The number of hydrogen-bond donors (Lipinski definition) is 1.